The van der Waals surface area contributed by atoms with E-state index in [4.69, 9.17) is 0 Å². The van der Waals surface area contributed by atoms with Gasteiger partial charge < -0.3 is 9.05 Å². The Morgan fingerprint density at radius 3 is 1.63 bits per heavy atom. The lowest BCUT2D eigenvalue weighted by Gasteiger charge is -2.35. The molecule has 0 atom stereocenters. The number of nitrogens with zero attached hydrogens (tertiary/aromatic N) is 2. The summed E-state index contributed by atoms with van der Waals surface area (Å²) in [6, 6.07) is 50.7. The smallest absolute Gasteiger partial charge is 0.333 e. The van der Waals surface area contributed by atoms with Crippen LogP contribution in [0.3, 0.4) is 0 Å². The van der Waals surface area contributed by atoms with E-state index in [0.29, 0.717) is 0 Å². The lowest BCUT2D eigenvalue weighted by molar-refractivity contribution is 0.590. The van der Waals surface area contributed by atoms with E-state index >= 15 is 0 Å². The third-order valence-electron chi connectivity index (χ3n) is 15.0. The summed E-state index contributed by atoms with van der Waals surface area (Å²) < 4.78 is 5.41. The molecule has 0 spiro atoms. The fourth-order valence-corrected chi connectivity index (χ4v) is 11.9. The van der Waals surface area contributed by atoms with Crippen molar-refractivity contribution in [3.63, 3.8) is 0 Å². The van der Waals surface area contributed by atoms with Crippen LogP contribution >= 0.6 is 0 Å². The molecule has 0 saturated carbocycles. The van der Waals surface area contributed by atoms with E-state index in [9.17, 15) is 0 Å². The summed E-state index contributed by atoms with van der Waals surface area (Å²) in [4.78, 5) is 0. The molecule has 0 N–H and O–H groups in total. The third-order valence-corrected chi connectivity index (χ3v) is 15.0. The molecular weight excluding hydrogens is 784 g/mol. The van der Waals surface area contributed by atoms with Gasteiger partial charge >= 0.3 is 6.85 Å². The Balaban J connectivity index is 1.29. The Morgan fingerprint density at radius 1 is 0.385 bits per heavy atom. The highest BCUT2D eigenvalue weighted by Crippen LogP contribution is 2.48. The van der Waals surface area contributed by atoms with Gasteiger partial charge in [0.05, 0.1) is 11.0 Å². The maximum absolute atomic E-state index is 2.75. The van der Waals surface area contributed by atoms with Crippen LogP contribution < -0.4 is 10.9 Å². The zero-order chi connectivity index (χ0) is 45.2. The van der Waals surface area contributed by atoms with Crippen molar-refractivity contribution in [3.05, 3.63) is 172 Å². The van der Waals surface area contributed by atoms with Gasteiger partial charge in [-0.3, -0.25) is 0 Å². The molecule has 0 saturated heterocycles. The molecule has 4 heterocycles. The van der Waals surface area contributed by atoms with E-state index in [0.717, 1.165) is 0 Å². The largest absolute Gasteiger partial charge is 0.375 e. The van der Waals surface area contributed by atoms with Gasteiger partial charge in [0.25, 0.3) is 0 Å². The molecule has 2 aliphatic heterocycles. The highest BCUT2D eigenvalue weighted by atomic mass is 15.0. The van der Waals surface area contributed by atoms with Gasteiger partial charge in [-0.1, -0.05) is 137 Å². The number of aryl methyl sites for hydroxylation is 6. The molecule has 10 aromatic rings. The molecule has 0 aliphatic carbocycles. The Hall–Kier alpha value is -6.58. The van der Waals surface area contributed by atoms with Gasteiger partial charge in [0.2, 0.25) is 0 Å². The number of hydrogen-bond donors (Lipinski definition) is 0. The van der Waals surface area contributed by atoms with Gasteiger partial charge in [-0.15, -0.1) is 0 Å². The molecule has 2 aromatic heterocycles. The van der Waals surface area contributed by atoms with Gasteiger partial charge in [0.15, 0.2) is 0 Å². The number of fused-ring (bicyclic) bond motifs is 10. The van der Waals surface area contributed by atoms with Crippen molar-refractivity contribution >= 4 is 61.4 Å². The first-order chi connectivity index (χ1) is 30.9. The Morgan fingerprint density at radius 2 is 0.969 bits per heavy atom. The second kappa shape index (κ2) is 13.5. The Labute approximate surface area is 384 Å². The number of hydrogen-bond acceptors (Lipinski definition) is 0. The van der Waals surface area contributed by atoms with Crippen LogP contribution in [0.2, 0.25) is 0 Å². The molecule has 0 fully saturated rings. The van der Waals surface area contributed by atoms with E-state index in [1.807, 2.05) is 0 Å². The van der Waals surface area contributed by atoms with Gasteiger partial charge in [0.1, 0.15) is 0 Å². The maximum atomic E-state index is 2.75. The average Bonchev–Trinajstić information content (AvgIpc) is 3.75. The van der Waals surface area contributed by atoms with E-state index in [2.05, 4.69) is 220 Å². The van der Waals surface area contributed by atoms with Crippen LogP contribution in [0.4, 0.5) is 0 Å². The molecule has 12 rings (SSSR count). The summed E-state index contributed by atoms with van der Waals surface area (Å²) in [5.74, 6) is 0. The molecule has 2 nitrogen and oxygen atoms in total. The van der Waals surface area contributed by atoms with Crippen molar-refractivity contribution < 1.29 is 0 Å². The molecule has 8 aromatic carbocycles. The Kier molecular flexibility index (Phi) is 8.29. The maximum Gasteiger partial charge on any atom is 0.333 e. The molecule has 0 radical (unpaired) electrons. The monoisotopic (exact) mass is 840 g/mol. The quantitative estimate of drug-likeness (QED) is 0.157. The summed E-state index contributed by atoms with van der Waals surface area (Å²) in [6.07, 6.45) is 0. The first-order valence-electron chi connectivity index (χ1n) is 23.6. The van der Waals surface area contributed by atoms with Gasteiger partial charge in [-0.05, 0) is 179 Å². The van der Waals surface area contributed by atoms with Crippen molar-refractivity contribution in [2.45, 2.75) is 93.9 Å². The lowest BCUT2D eigenvalue weighted by Crippen LogP contribution is -2.55. The predicted molar refractivity (Wildman–Crippen MR) is 282 cm³/mol. The van der Waals surface area contributed by atoms with Gasteiger partial charge in [0, 0.05) is 43.8 Å². The summed E-state index contributed by atoms with van der Waals surface area (Å²) in [5.41, 5.74) is 30.0. The van der Waals surface area contributed by atoms with Crippen LogP contribution in [-0.2, 0) is 10.8 Å². The minimum absolute atomic E-state index is 0.0123. The molecule has 0 bridgehead atoms. The first kappa shape index (κ1) is 40.0. The van der Waals surface area contributed by atoms with Crippen LogP contribution in [0.5, 0.6) is 0 Å². The van der Waals surface area contributed by atoms with E-state index in [-0.39, 0.29) is 17.7 Å². The normalized spacial score (nSPS) is 13.2. The van der Waals surface area contributed by atoms with Crippen LogP contribution in [0.1, 0.15) is 86.1 Å². The number of rotatable bonds is 3. The van der Waals surface area contributed by atoms with Crippen molar-refractivity contribution in [2.24, 2.45) is 0 Å². The van der Waals surface area contributed by atoms with Gasteiger partial charge in [-0.25, -0.2) is 0 Å². The summed E-state index contributed by atoms with van der Waals surface area (Å²) >= 11 is 0. The minimum atomic E-state index is -0.0504. The summed E-state index contributed by atoms with van der Waals surface area (Å²) in [5, 5.41) is 5.29. The number of aromatic nitrogens is 2. The fourth-order valence-electron chi connectivity index (χ4n) is 11.9. The SMILES string of the molecule is Cc1cc(C)cc(-c2cc3c4c(c2)-n2c5ccc(-c6ccc(C)cc6C)cc5c5cc(-c6ccc(C)cc6C)cc(c52)B4n2c4ccc(C(C)(C)C)cc4c4cc(C(C)(C)C)cc-3c42)c1. The highest BCUT2D eigenvalue weighted by molar-refractivity contribution is 6.90. The molecular formula is C62H57BN2. The molecule has 3 heteroatoms. The lowest BCUT2D eigenvalue weighted by atomic mass is 9.45. The van der Waals surface area contributed by atoms with Gasteiger partial charge in [-0.2, -0.15) is 0 Å². The molecule has 318 valence electrons. The highest BCUT2D eigenvalue weighted by Gasteiger charge is 2.43. The van der Waals surface area contributed by atoms with Crippen molar-refractivity contribution in [3.8, 4) is 50.2 Å². The first-order valence-corrected chi connectivity index (χ1v) is 23.6. The summed E-state index contributed by atoms with van der Waals surface area (Å²) in [7, 11) is 0. The molecule has 0 unspecified atom stereocenters. The van der Waals surface area contributed by atoms with E-state index in [1.54, 1.807) is 0 Å². The average molecular weight is 841 g/mol. The topological polar surface area (TPSA) is 9.86 Å². The number of benzene rings is 8. The predicted octanol–water partition coefficient (Wildman–Crippen LogP) is 15.3. The molecule has 0 amide bonds. The van der Waals surface area contributed by atoms with Crippen molar-refractivity contribution in [1.29, 1.82) is 0 Å². The minimum Gasteiger partial charge on any atom is -0.375 e. The third kappa shape index (κ3) is 5.87. The summed E-state index contributed by atoms with van der Waals surface area (Å²) in [6.45, 7) is 27.5. The van der Waals surface area contributed by atoms with Crippen LogP contribution in [0, 0.1) is 41.5 Å². The fraction of sp³-hybridized carbons (Fsp3) is 0.226. The van der Waals surface area contributed by atoms with Crippen LogP contribution in [-0.4, -0.2) is 15.9 Å². The molecule has 2 aliphatic rings. The second-order valence-corrected chi connectivity index (χ2v) is 21.9. The van der Waals surface area contributed by atoms with E-state index < -0.39 is 0 Å². The zero-order valence-electron chi connectivity index (χ0n) is 40.1. The van der Waals surface area contributed by atoms with Crippen molar-refractivity contribution in [2.75, 3.05) is 0 Å². The standard InChI is InChI=1S/C62H57BN2/c1-34-13-17-46(38(5)22-34)40-15-19-55-48(26-40)51-28-43(47-18-14-35(2)23-39(47)6)29-54-60(51)64(55)57-30-42(41-24-36(3)21-37(4)25-41)27-50-53-33-45(62(10,11)12)32-52-49-31-44(61(7,8)9)16-20-56(49)65(59(52)53)63(54)58(50)57/h13-33H,1-12H3. The molecule has 65 heavy (non-hydrogen) atoms. The van der Waals surface area contributed by atoms with Crippen LogP contribution in [0.25, 0.3) is 93.8 Å². The Bertz CT molecular complexity index is 3720. The van der Waals surface area contributed by atoms with E-state index in [1.165, 1.54) is 149 Å². The second-order valence-electron chi connectivity index (χ2n) is 21.9. The zero-order valence-corrected chi connectivity index (χ0v) is 40.1. The van der Waals surface area contributed by atoms with Crippen LogP contribution in [0.15, 0.2) is 127 Å². The van der Waals surface area contributed by atoms with Crippen molar-refractivity contribution in [1.82, 2.24) is 9.05 Å².